The molecule has 0 saturated carbocycles. The zero-order valence-electron chi connectivity index (χ0n) is 13.7. The summed E-state index contributed by atoms with van der Waals surface area (Å²) in [5.41, 5.74) is 4.74. The fourth-order valence-corrected chi connectivity index (χ4v) is 3.13. The summed E-state index contributed by atoms with van der Waals surface area (Å²) >= 11 is 0. The number of carbonyl (C=O) groups is 1. The van der Waals surface area contributed by atoms with Crippen LogP contribution >= 0.6 is 0 Å². The first-order valence-electron chi connectivity index (χ1n) is 8.14. The topological polar surface area (TPSA) is 71.8 Å². The van der Waals surface area contributed by atoms with E-state index in [1.165, 1.54) is 11.1 Å². The number of nitrogens with zero attached hydrogens (tertiary/aromatic N) is 3. The first-order chi connectivity index (χ1) is 11.2. The molecule has 0 bridgehead atoms. The molecule has 1 aliphatic rings. The van der Waals surface area contributed by atoms with E-state index in [1.54, 1.807) is 10.9 Å². The van der Waals surface area contributed by atoms with E-state index in [4.69, 9.17) is 0 Å². The Morgan fingerprint density at radius 3 is 3.13 bits per heavy atom. The van der Waals surface area contributed by atoms with Crippen LogP contribution in [-0.4, -0.2) is 27.2 Å². The molecular weight excluding hydrogens is 290 g/mol. The number of pyridine rings is 1. The highest BCUT2D eigenvalue weighted by molar-refractivity contribution is 5.80. The van der Waals surface area contributed by atoms with E-state index in [2.05, 4.69) is 20.7 Å². The summed E-state index contributed by atoms with van der Waals surface area (Å²) in [5, 5.41) is 10.6. The lowest BCUT2D eigenvalue weighted by Crippen LogP contribution is -2.33. The van der Waals surface area contributed by atoms with Gasteiger partial charge in [0.2, 0.25) is 5.91 Å². The fraction of sp³-hybridized carbons (Fsp3) is 0.471. The lowest BCUT2D eigenvalue weighted by Gasteiger charge is -2.22. The number of nitrogens with one attached hydrogen (secondary N) is 2. The second kappa shape index (κ2) is 6.91. The number of aromatic nitrogens is 3. The maximum Gasteiger partial charge on any atom is 0.245 e. The summed E-state index contributed by atoms with van der Waals surface area (Å²) in [7, 11) is 0. The van der Waals surface area contributed by atoms with Crippen LogP contribution in [0.4, 0.5) is 0 Å². The van der Waals surface area contributed by atoms with Gasteiger partial charge in [-0.1, -0.05) is 6.92 Å². The zero-order valence-corrected chi connectivity index (χ0v) is 13.7. The van der Waals surface area contributed by atoms with Crippen LogP contribution in [-0.2, 0) is 24.3 Å². The molecule has 3 rings (SSSR count). The normalized spacial score (nSPS) is 15.0. The molecule has 3 heterocycles. The van der Waals surface area contributed by atoms with Crippen LogP contribution in [0.1, 0.15) is 41.8 Å². The fourth-order valence-electron chi connectivity index (χ4n) is 3.13. The average molecular weight is 313 g/mol. The first-order valence-corrected chi connectivity index (χ1v) is 8.14. The Labute approximate surface area is 136 Å². The van der Waals surface area contributed by atoms with Gasteiger partial charge in [0.15, 0.2) is 0 Å². The third-order valence-corrected chi connectivity index (χ3v) is 4.44. The molecule has 0 aliphatic carbocycles. The lowest BCUT2D eigenvalue weighted by atomic mass is 9.96. The molecule has 122 valence electrons. The van der Waals surface area contributed by atoms with Crippen molar-refractivity contribution in [1.82, 2.24) is 25.4 Å². The Morgan fingerprint density at radius 1 is 1.52 bits per heavy atom. The van der Waals surface area contributed by atoms with Gasteiger partial charge < -0.3 is 10.6 Å². The van der Waals surface area contributed by atoms with Crippen molar-refractivity contribution in [3.63, 3.8) is 0 Å². The number of hydrogen-bond donors (Lipinski definition) is 2. The zero-order chi connectivity index (χ0) is 16.2. The molecule has 0 spiro atoms. The molecule has 23 heavy (non-hydrogen) atoms. The third-order valence-electron chi connectivity index (χ3n) is 4.44. The summed E-state index contributed by atoms with van der Waals surface area (Å²) in [4.78, 5) is 17.0. The minimum atomic E-state index is -0.264. The van der Waals surface area contributed by atoms with Crippen LogP contribution in [0.3, 0.4) is 0 Å². The van der Waals surface area contributed by atoms with E-state index in [9.17, 15) is 4.79 Å². The van der Waals surface area contributed by atoms with Gasteiger partial charge in [0.25, 0.3) is 0 Å². The van der Waals surface area contributed by atoms with Crippen molar-refractivity contribution in [3.05, 3.63) is 47.0 Å². The van der Waals surface area contributed by atoms with Crippen molar-refractivity contribution in [1.29, 1.82) is 0 Å². The smallest absolute Gasteiger partial charge is 0.245 e. The van der Waals surface area contributed by atoms with Gasteiger partial charge in [0.1, 0.15) is 6.04 Å². The van der Waals surface area contributed by atoms with Crippen LogP contribution in [0.5, 0.6) is 0 Å². The number of carbonyl (C=O) groups excluding carboxylic acids is 1. The molecule has 0 unspecified atom stereocenters. The Morgan fingerprint density at radius 2 is 2.39 bits per heavy atom. The maximum atomic E-state index is 12.5. The van der Waals surface area contributed by atoms with Gasteiger partial charge in [-0.05, 0) is 49.1 Å². The Balaban J connectivity index is 1.74. The summed E-state index contributed by atoms with van der Waals surface area (Å²) in [6.07, 6.45) is 7.17. The van der Waals surface area contributed by atoms with E-state index in [-0.39, 0.29) is 11.9 Å². The Bertz CT molecular complexity index is 681. The predicted octanol–water partition coefficient (Wildman–Crippen LogP) is 1.50. The first kappa shape index (κ1) is 15.7. The van der Waals surface area contributed by atoms with E-state index in [0.29, 0.717) is 13.0 Å². The van der Waals surface area contributed by atoms with E-state index >= 15 is 0 Å². The van der Waals surface area contributed by atoms with Crippen molar-refractivity contribution in [3.8, 4) is 0 Å². The number of hydrogen-bond acceptors (Lipinski definition) is 4. The van der Waals surface area contributed by atoms with E-state index < -0.39 is 0 Å². The van der Waals surface area contributed by atoms with Gasteiger partial charge in [-0.15, -0.1) is 0 Å². The van der Waals surface area contributed by atoms with Crippen LogP contribution in [0.25, 0.3) is 0 Å². The molecule has 2 N–H and O–H groups in total. The number of fused-ring (bicyclic) bond motifs is 1. The van der Waals surface area contributed by atoms with Crippen molar-refractivity contribution in [2.75, 3.05) is 6.54 Å². The SMILES string of the molecule is CC[C@@H](C(=O)NCc1c(C)ncc2c1CCNC2)n1cccn1. The molecule has 0 fully saturated rings. The Hall–Kier alpha value is -2.21. The molecule has 1 amide bonds. The van der Waals surface area contributed by atoms with Crippen LogP contribution in [0.15, 0.2) is 24.7 Å². The largest absolute Gasteiger partial charge is 0.350 e. The summed E-state index contributed by atoms with van der Waals surface area (Å²) in [6.45, 7) is 6.36. The number of aryl methyl sites for hydroxylation is 1. The molecule has 1 atom stereocenters. The third kappa shape index (κ3) is 3.27. The quantitative estimate of drug-likeness (QED) is 0.877. The van der Waals surface area contributed by atoms with Crippen molar-refractivity contribution in [2.45, 2.75) is 45.8 Å². The molecule has 0 radical (unpaired) electrons. The van der Waals surface area contributed by atoms with Gasteiger partial charge in [-0.3, -0.25) is 14.5 Å². The van der Waals surface area contributed by atoms with Crippen molar-refractivity contribution < 1.29 is 4.79 Å². The highest BCUT2D eigenvalue weighted by Gasteiger charge is 2.20. The van der Waals surface area contributed by atoms with Gasteiger partial charge in [0, 0.05) is 37.4 Å². The standard InChI is InChI=1S/C17H23N5O/c1-3-16(22-8-4-6-21-22)17(23)20-11-15-12(2)19-10-13-9-18-7-5-14(13)15/h4,6,8,10,16,18H,3,5,7,9,11H2,1-2H3,(H,20,23)/t16-/m0/s1. The molecule has 0 saturated heterocycles. The molecule has 6 nitrogen and oxygen atoms in total. The number of amides is 1. The molecule has 0 aromatic carbocycles. The molecular formula is C17H23N5O. The second-order valence-corrected chi connectivity index (χ2v) is 5.88. The molecule has 2 aromatic rings. The average Bonchev–Trinajstić information content (AvgIpc) is 3.09. The summed E-state index contributed by atoms with van der Waals surface area (Å²) in [6, 6.07) is 1.57. The minimum absolute atomic E-state index is 0.00198. The molecule has 1 aliphatic heterocycles. The summed E-state index contributed by atoms with van der Waals surface area (Å²) in [5.74, 6) is 0.00198. The van der Waals surface area contributed by atoms with Crippen LogP contribution in [0.2, 0.25) is 0 Å². The second-order valence-electron chi connectivity index (χ2n) is 5.88. The highest BCUT2D eigenvalue weighted by atomic mass is 16.2. The monoisotopic (exact) mass is 313 g/mol. The maximum absolute atomic E-state index is 12.5. The Kier molecular flexibility index (Phi) is 4.71. The van der Waals surface area contributed by atoms with Gasteiger partial charge in [-0.2, -0.15) is 5.10 Å². The van der Waals surface area contributed by atoms with Crippen molar-refractivity contribution in [2.24, 2.45) is 0 Å². The molecule has 6 heteroatoms. The van der Waals surface area contributed by atoms with Crippen LogP contribution < -0.4 is 10.6 Å². The lowest BCUT2D eigenvalue weighted by molar-refractivity contribution is -0.124. The van der Waals surface area contributed by atoms with E-state index in [1.807, 2.05) is 32.3 Å². The van der Waals surface area contributed by atoms with Crippen LogP contribution in [0, 0.1) is 6.92 Å². The summed E-state index contributed by atoms with van der Waals surface area (Å²) < 4.78 is 1.71. The van der Waals surface area contributed by atoms with Crippen molar-refractivity contribution >= 4 is 5.91 Å². The van der Waals surface area contributed by atoms with Gasteiger partial charge in [-0.25, -0.2) is 0 Å². The molecule has 2 aromatic heterocycles. The van der Waals surface area contributed by atoms with Gasteiger partial charge in [0.05, 0.1) is 0 Å². The van der Waals surface area contributed by atoms with Gasteiger partial charge >= 0.3 is 0 Å². The predicted molar refractivity (Wildman–Crippen MR) is 87.8 cm³/mol. The minimum Gasteiger partial charge on any atom is -0.350 e. The van der Waals surface area contributed by atoms with E-state index in [0.717, 1.165) is 30.8 Å². The highest BCUT2D eigenvalue weighted by Crippen LogP contribution is 2.20. The number of rotatable bonds is 5.